The molecule has 3 rings (SSSR count). The van der Waals surface area contributed by atoms with E-state index in [0.29, 0.717) is 5.75 Å². The number of aromatic nitrogens is 1. The molecule has 3 atom stereocenters. The normalized spacial score (nSPS) is 13.5. The van der Waals surface area contributed by atoms with E-state index in [1.807, 2.05) is 47.8 Å². The van der Waals surface area contributed by atoms with E-state index in [1.54, 1.807) is 6.92 Å². The number of thiophene rings is 1. The Labute approximate surface area is 189 Å². The van der Waals surface area contributed by atoms with Crippen LogP contribution in [0.4, 0.5) is 0 Å². The predicted molar refractivity (Wildman–Crippen MR) is 119 cm³/mol. The van der Waals surface area contributed by atoms with Crippen molar-refractivity contribution >= 4 is 23.2 Å². The molecule has 32 heavy (non-hydrogen) atoms. The van der Waals surface area contributed by atoms with Gasteiger partial charge < -0.3 is 24.6 Å². The topological polar surface area (TPSA) is 107 Å². The van der Waals surface area contributed by atoms with Crippen LogP contribution >= 0.6 is 11.3 Å². The number of ether oxygens (including phenoxy) is 3. The quantitative estimate of drug-likeness (QED) is 0.473. The highest BCUT2D eigenvalue weighted by molar-refractivity contribution is 7.10. The van der Waals surface area contributed by atoms with E-state index in [0.717, 1.165) is 4.88 Å². The zero-order valence-corrected chi connectivity index (χ0v) is 18.7. The van der Waals surface area contributed by atoms with Gasteiger partial charge in [0.15, 0.2) is 23.3 Å². The number of aromatic hydroxyl groups is 1. The number of methoxy groups -OCH3 is 1. The predicted octanol–water partition coefficient (Wildman–Crippen LogP) is 3.73. The lowest BCUT2D eigenvalue weighted by atomic mass is 10.2. The molecule has 0 saturated carbocycles. The first-order chi connectivity index (χ1) is 15.4. The van der Waals surface area contributed by atoms with E-state index >= 15 is 0 Å². The molecule has 0 saturated heterocycles. The van der Waals surface area contributed by atoms with Crippen LogP contribution in [0.5, 0.6) is 17.2 Å². The molecular formula is C23H24N2O6S. The van der Waals surface area contributed by atoms with Crippen molar-refractivity contribution in [2.45, 2.75) is 32.1 Å². The molecule has 9 heteroatoms. The van der Waals surface area contributed by atoms with Crippen LogP contribution in [-0.2, 0) is 9.53 Å². The van der Waals surface area contributed by atoms with Gasteiger partial charge in [-0.2, -0.15) is 0 Å². The number of rotatable bonds is 9. The number of benzene rings is 1. The second-order valence-corrected chi connectivity index (χ2v) is 7.89. The Hall–Kier alpha value is -3.59. The Morgan fingerprint density at radius 3 is 2.50 bits per heavy atom. The van der Waals surface area contributed by atoms with Gasteiger partial charge in [0, 0.05) is 17.1 Å². The smallest absolute Gasteiger partial charge is 0.328 e. The highest BCUT2D eigenvalue weighted by Crippen LogP contribution is 2.30. The zero-order valence-electron chi connectivity index (χ0n) is 17.8. The Morgan fingerprint density at radius 1 is 1.09 bits per heavy atom. The lowest BCUT2D eigenvalue weighted by Gasteiger charge is -2.25. The summed E-state index contributed by atoms with van der Waals surface area (Å²) >= 11 is 1.49. The second-order valence-electron chi connectivity index (χ2n) is 6.91. The number of para-hydroxylation sites is 1. The highest BCUT2D eigenvalue weighted by Gasteiger charge is 2.29. The molecule has 0 aliphatic heterocycles. The molecule has 0 aliphatic rings. The molecule has 0 spiro atoms. The van der Waals surface area contributed by atoms with Gasteiger partial charge in [0.1, 0.15) is 17.9 Å². The molecule has 2 heterocycles. The number of carbonyl (C=O) groups excluding carboxylic acids is 2. The molecule has 168 valence electrons. The van der Waals surface area contributed by atoms with E-state index in [-0.39, 0.29) is 11.4 Å². The SMILES string of the molecule is COc1ccnc(C(=O)N[C@@H](C)C(=O)O[C@@H](C)[C@@H](Oc2ccccc2)c2cccs2)c1O. The van der Waals surface area contributed by atoms with Crippen molar-refractivity contribution in [3.05, 3.63) is 70.7 Å². The minimum Gasteiger partial charge on any atom is -0.503 e. The fourth-order valence-corrected chi connectivity index (χ4v) is 3.77. The molecule has 1 amide bonds. The van der Waals surface area contributed by atoms with Crippen LogP contribution < -0.4 is 14.8 Å². The fourth-order valence-electron chi connectivity index (χ4n) is 2.92. The van der Waals surface area contributed by atoms with Crippen LogP contribution in [0.25, 0.3) is 0 Å². The van der Waals surface area contributed by atoms with Crippen LogP contribution in [0.3, 0.4) is 0 Å². The third-order valence-electron chi connectivity index (χ3n) is 4.58. The first-order valence-corrected chi connectivity index (χ1v) is 10.8. The van der Waals surface area contributed by atoms with Gasteiger partial charge in [-0.15, -0.1) is 11.3 Å². The third-order valence-corrected chi connectivity index (χ3v) is 5.52. The van der Waals surface area contributed by atoms with Crippen molar-refractivity contribution in [1.29, 1.82) is 0 Å². The lowest BCUT2D eigenvalue weighted by molar-refractivity contribution is -0.154. The standard InChI is InChI=1S/C23H24N2O6S/c1-14(25-22(27)19-20(26)17(29-3)11-12-24-19)23(28)30-15(2)21(18-10-7-13-32-18)31-16-8-5-4-6-9-16/h4-15,21,26H,1-3H3,(H,25,27)/t14-,15-,21+/m0/s1. The van der Waals surface area contributed by atoms with Gasteiger partial charge in [-0.25, -0.2) is 9.78 Å². The molecule has 0 unspecified atom stereocenters. The molecule has 2 aromatic heterocycles. The number of esters is 1. The van der Waals surface area contributed by atoms with Gasteiger partial charge in [-0.3, -0.25) is 4.79 Å². The number of nitrogens with zero attached hydrogens (tertiary/aromatic N) is 1. The van der Waals surface area contributed by atoms with Crippen molar-refractivity contribution in [1.82, 2.24) is 10.3 Å². The molecule has 8 nitrogen and oxygen atoms in total. The third kappa shape index (κ3) is 5.55. The van der Waals surface area contributed by atoms with Gasteiger partial charge in [-0.1, -0.05) is 24.3 Å². The molecule has 3 aromatic rings. The molecule has 0 aliphatic carbocycles. The summed E-state index contributed by atoms with van der Waals surface area (Å²) in [5.74, 6) is -1.03. The van der Waals surface area contributed by atoms with Crippen LogP contribution in [0.15, 0.2) is 60.1 Å². The summed E-state index contributed by atoms with van der Waals surface area (Å²) in [6, 6.07) is 13.5. The lowest BCUT2D eigenvalue weighted by Crippen LogP contribution is -2.42. The summed E-state index contributed by atoms with van der Waals surface area (Å²) in [6.45, 7) is 3.22. The zero-order chi connectivity index (χ0) is 23.1. The maximum atomic E-state index is 12.7. The number of nitrogens with one attached hydrogen (secondary N) is 1. The molecule has 0 fully saturated rings. The Bertz CT molecular complexity index is 1040. The van der Waals surface area contributed by atoms with E-state index < -0.39 is 35.9 Å². The highest BCUT2D eigenvalue weighted by atomic mass is 32.1. The number of pyridine rings is 1. The van der Waals surface area contributed by atoms with Crippen molar-refractivity contribution < 1.29 is 28.9 Å². The molecule has 1 aromatic carbocycles. The van der Waals surface area contributed by atoms with Gasteiger partial charge >= 0.3 is 5.97 Å². The van der Waals surface area contributed by atoms with Gasteiger partial charge in [0.2, 0.25) is 0 Å². The summed E-state index contributed by atoms with van der Waals surface area (Å²) in [5.41, 5.74) is -0.249. The van der Waals surface area contributed by atoms with Crippen molar-refractivity contribution in [2.75, 3.05) is 7.11 Å². The maximum absolute atomic E-state index is 12.7. The molecule has 0 radical (unpaired) electrons. The van der Waals surface area contributed by atoms with Crippen LogP contribution in [-0.4, -0.2) is 41.2 Å². The number of hydrogen-bond acceptors (Lipinski definition) is 8. The largest absolute Gasteiger partial charge is 0.503 e. The molecule has 2 N–H and O–H groups in total. The number of hydrogen-bond donors (Lipinski definition) is 2. The van der Waals surface area contributed by atoms with E-state index in [9.17, 15) is 14.7 Å². The van der Waals surface area contributed by atoms with Crippen molar-refractivity contribution in [2.24, 2.45) is 0 Å². The maximum Gasteiger partial charge on any atom is 0.328 e. The Kier molecular flexibility index (Phi) is 7.67. The second kappa shape index (κ2) is 10.6. The Morgan fingerprint density at radius 2 is 1.84 bits per heavy atom. The van der Waals surface area contributed by atoms with Crippen LogP contribution in [0.2, 0.25) is 0 Å². The monoisotopic (exact) mass is 456 g/mol. The fraction of sp³-hybridized carbons (Fsp3) is 0.261. The first kappa shape index (κ1) is 23.1. The summed E-state index contributed by atoms with van der Waals surface area (Å²) < 4.78 is 16.7. The molecule has 0 bridgehead atoms. The summed E-state index contributed by atoms with van der Waals surface area (Å²) in [7, 11) is 1.36. The Balaban J connectivity index is 1.67. The summed E-state index contributed by atoms with van der Waals surface area (Å²) in [4.78, 5) is 29.9. The van der Waals surface area contributed by atoms with Crippen LogP contribution in [0, 0.1) is 0 Å². The summed E-state index contributed by atoms with van der Waals surface area (Å²) in [6.07, 6.45) is 0.169. The van der Waals surface area contributed by atoms with Gasteiger partial charge in [-0.05, 0) is 37.4 Å². The number of amides is 1. The van der Waals surface area contributed by atoms with Crippen molar-refractivity contribution in [3.63, 3.8) is 0 Å². The van der Waals surface area contributed by atoms with E-state index in [1.165, 1.54) is 37.6 Å². The van der Waals surface area contributed by atoms with E-state index in [4.69, 9.17) is 14.2 Å². The van der Waals surface area contributed by atoms with Crippen LogP contribution in [0.1, 0.15) is 35.3 Å². The van der Waals surface area contributed by atoms with Crippen molar-refractivity contribution in [3.8, 4) is 17.2 Å². The number of carbonyl (C=O) groups is 2. The first-order valence-electron chi connectivity index (χ1n) is 9.89. The minimum absolute atomic E-state index is 0.103. The summed E-state index contributed by atoms with van der Waals surface area (Å²) in [5, 5.41) is 14.5. The average molecular weight is 457 g/mol. The average Bonchev–Trinajstić information content (AvgIpc) is 3.32. The van der Waals surface area contributed by atoms with Gasteiger partial charge in [0.25, 0.3) is 5.91 Å². The minimum atomic E-state index is -0.988. The van der Waals surface area contributed by atoms with Gasteiger partial charge in [0.05, 0.1) is 7.11 Å². The van der Waals surface area contributed by atoms with E-state index in [2.05, 4.69) is 10.3 Å². The molecular weight excluding hydrogens is 432 g/mol.